The van der Waals surface area contributed by atoms with E-state index < -0.39 is 12.1 Å². The summed E-state index contributed by atoms with van der Waals surface area (Å²) in [5.74, 6) is -0.322. The summed E-state index contributed by atoms with van der Waals surface area (Å²) in [5.41, 5.74) is 2.01. The van der Waals surface area contributed by atoms with Crippen molar-refractivity contribution >= 4 is 27.9 Å². The van der Waals surface area contributed by atoms with Crippen molar-refractivity contribution in [3.63, 3.8) is 0 Å². The molecule has 2 rings (SSSR count). The number of urea groups is 1. The summed E-state index contributed by atoms with van der Waals surface area (Å²) in [4.78, 5) is 24.5. The second-order valence-electron chi connectivity index (χ2n) is 6.00. The predicted molar refractivity (Wildman–Crippen MR) is 105 cm³/mol. The van der Waals surface area contributed by atoms with E-state index in [1.807, 2.05) is 54.7 Å². The molecule has 6 heteroatoms. The van der Waals surface area contributed by atoms with Crippen LogP contribution in [0.25, 0.3) is 0 Å². The van der Waals surface area contributed by atoms with Gasteiger partial charge in [0.1, 0.15) is 6.04 Å². The molecule has 0 aromatic heterocycles. The molecular weight excluding hydrogens is 394 g/mol. The second-order valence-corrected chi connectivity index (χ2v) is 6.91. The Kier molecular flexibility index (Phi) is 7.81. The van der Waals surface area contributed by atoms with Crippen molar-refractivity contribution < 1.29 is 14.9 Å². The van der Waals surface area contributed by atoms with Crippen LogP contribution in [0.4, 0.5) is 4.79 Å². The Morgan fingerprint density at radius 2 is 1.65 bits per heavy atom. The van der Waals surface area contributed by atoms with Gasteiger partial charge in [-0.3, -0.25) is 10.1 Å². The van der Waals surface area contributed by atoms with Crippen LogP contribution in [0.1, 0.15) is 43.5 Å². The molecule has 5 nitrogen and oxygen atoms in total. The Hall–Kier alpha value is -2.18. The fourth-order valence-electron chi connectivity index (χ4n) is 2.83. The monoisotopic (exact) mass is 418 g/mol. The van der Waals surface area contributed by atoms with E-state index in [9.17, 15) is 9.59 Å². The molecule has 0 heterocycles. The Morgan fingerprint density at radius 1 is 1.00 bits per heavy atom. The maximum Gasteiger partial charge on any atom is 0.321 e. The molecule has 0 saturated carbocycles. The number of nitrogens with two attached hydrogens (primary N) is 1. The molecule has 0 aliphatic carbocycles. The first kappa shape index (κ1) is 20.1. The topological polar surface area (TPSA) is 74.8 Å². The predicted octanol–water partition coefficient (Wildman–Crippen LogP) is 3.05. The number of amides is 3. The standard InChI is InChI=1S/C20H24BrN3O2/c1-3-17(14-10-12-16(21)13-11-14)23-18(15-8-6-5-7-9-15)19(25)24-20(26)22-4-2/h5-13,17-18,23H,3-4H2,1-2H3,(H2,22,24,25,26)/p+1/t17-,18+/m1/s1. The summed E-state index contributed by atoms with van der Waals surface area (Å²) in [6, 6.07) is 16.8. The molecule has 2 atom stereocenters. The van der Waals surface area contributed by atoms with Crippen LogP contribution in [0.2, 0.25) is 0 Å². The average Bonchev–Trinajstić information content (AvgIpc) is 2.64. The van der Waals surface area contributed by atoms with E-state index in [0.717, 1.165) is 22.0 Å². The van der Waals surface area contributed by atoms with Gasteiger partial charge in [-0.25, -0.2) is 4.79 Å². The molecule has 0 fully saturated rings. The third-order valence-electron chi connectivity index (χ3n) is 4.18. The highest BCUT2D eigenvalue weighted by Gasteiger charge is 2.29. The summed E-state index contributed by atoms with van der Waals surface area (Å²) in [5, 5.41) is 7.06. The van der Waals surface area contributed by atoms with E-state index in [1.165, 1.54) is 0 Å². The number of hydrogen-bond donors (Lipinski definition) is 3. The van der Waals surface area contributed by atoms with Gasteiger partial charge in [-0.1, -0.05) is 65.3 Å². The van der Waals surface area contributed by atoms with E-state index in [2.05, 4.69) is 45.6 Å². The van der Waals surface area contributed by atoms with Crippen molar-refractivity contribution in [1.29, 1.82) is 0 Å². The number of hydrogen-bond acceptors (Lipinski definition) is 2. The highest BCUT2D eigenvalue weighted by Crippen LogP contribution is 2.18. The summed E-state index contributed by atoms with van der Waals surface area (Å²) in [6.07, 6.45) is 0.861. The normalized spacial score (nSPS) is 12.9. The molecule has 0 aliphatic rings. The van der Waals surface area contributed by atoms with Crippen LogP contribution in [0, 0.1) is 0 Å². The number of benzene rings is 2. The molecule has 3 amide bonds. The van der Waals surface area contributed by atoms with Gasteiger partial charge in [0, 0.05) is 28.6 Å². The van der Waals surface area contributed by atoms with Crippen molar-refractivity contribution in [3.8, 4) is 0 Å². The number of rotatable bonds is 7. The summed E-state index contributed by atoms with van der Waals surface area (Å²) < 4.78 is 1.02. The Labute approximate surface area is 162 Å². The largest absolute Gasteiger partial charge is 0.338 e. The van der Waals surface area contributed by atoms with Crippen molar-refractivity contribution in [3.05, 3.63) is 70.2 Å². The first-order valence-electron chi connectivity index (χ1n) is 8.79. The number of quaternary nitrogens is 1. The minimum atomic E-state index is -0.507. The number of halogens is 1. The third kappa shape index (κ3) is 5.68. The van der Waals surface area contributed by atoms with Crippen molar-refractivity contribution in [1.82, 2.24) is 10.6 Å². The highest BCUT2D eigenvalue weighted by molar-refractivity contribution is 9.10. The van der Waals surface area contributed by atoms with Gasteiger partial charge < -0.3 is 10.6 Å². The third-order valence-corrected chi connectivity index (χ3v) is 4.71. The summed E-state index contributed by atoms with van der Waals surface area (Å²) in [7, 11) is 0. The molecule has 138 valence electrons. The van der Waals surface area contributed by atoms with Crippen LogP contribution >= 0.6 is 15.9 Å². The zero-order valence-electron chi connectivity index (χ0n) is 15.0. The number of carbonyl (C=O) groups is 2. The Bertz CT molecular complexity index is 720. The van der Waals surface area contributed by atoms with E-state index in [1.54, 1.807) is 0 Å². The number of carbonyl (C=O) groups excluding carboxylic acids is 2. The summed E-state index contributed by atoms with van der Waals surface area (Å²) >= 11 is 3.45. The van der Waals surface area contributed by atoms with E-state index in [0.29, 0.717) is 6.54 Å². The fraction of sp³-hybridized carbons (Fsp3) is 0.300. The molecule has 4 N–H and O–H groups in total. The van der Waals surface area contributed by atoms with Gasteiger partial charge in [0.05, 0.1) is 0 Å². The second kappa shape index (κ2) is 10.1. The van der Waals surface area contributed by atoms with Crippen molar-refractivity contribution in [2.45, 2.75) is 32.4 Å². The molecule has 0 radical (unpaired) electrons. The van der Waals surface area contributed by atoms with Crippen LogP contribution in [0.3, 0.4) is 0 Å². The minimum Gasteiger partial charge on any atom is -0.338 e. The first-order chi connectivity index (χ1) is 12.5. The molecule has 2 aromatic carbocycles. The van der Waals surface area contributed by atoms with Crippen LogP contribution in [-0.4, -0.2) is 18.5 Å². The summed E-state index contributed by atoms with van der Waals surface area (Å²) in [6.45, 7) is 4.37. The van der Waals surface area contributed by atoms with Crippen LogP contribution in [0.15, 0.2) is 59.1 Å². The van der Waals surface area contributed by atoms with Crippen LogP contribution in [0.5, 0.6) is 0 Å². The van der Waals surface area contributed by atoms with E-state index >= 15 is 0 Å². The molecule has 0 spiro atoms. The lowest BCUT2D eigenvalue weighted by molar-refractivity contribution is -0.722. The van der Waals surface area contributed by atoms with Gasteiger partial charge in [-0.2, -0.15) is 0 Å². The molecule has 0 aliphatic heterocycles. The SMILES string of the molecule is CCNC(=O)NC(=O)[C@@H]([NH2+][C@H](CC)c1ccc(Br)cc1)c1ccccc1. The smallest absolute Gasteiger partial charge is 0.321 e. The van der Waals surface area contributed by atoms with Gasteiger partial charge >= 0.3 is 6.03 Å². The first-order valence-corrected chi connectivity index (χ1v) is 9.58. The number of imide groups is 1. The van der Waals surface area contributed by atoms with Crippen molar-refractivity contribution in [2.75, 3.05) is 6.54 Å². The number of nitrogens with one attached hydrogen (secondary N) is 2. The highest BCUT2D eigenvalue weighted by atomic mass is 79.9. The quantitative estimate of drug-likeness (QED) is 0.646. The van der Waals surface area contributed by atoms with Gasteiger partial charge in [0.2, 0.25) is 0 Å². The van der Waals surface area contributed by atoms with Gasteiger partial charge in [-0.15, -0.1) is 0 Å². The van der Waals surface area contributed by atoms with Crippen molar-refractivity contribution in [2.24, 2.45) is 0 Å². The Morgan fingerprint density at radius 3 is 2.23 bits per heavy atom. The van der Waals surface area contributed by atoms with Gasteiger partial charge in [-0.05, 0) is 19.1 Å². The molecule has 0 saturated heterocycles. The van der Waals surface area contributed by atoms with E-state index in [4.69, 9.17) is 0 Å². The zero-order chi connectivity index (χ0) is 18.9. The molecule has 0 bridgehead atoms. The van der Waals surface area contributed by atoms with Gasteiger partial charge in [0.15, 0.2) is 6.04 Å². The minimum absolute atomic E-state index is 0.105. The molecule has 0 unspecified atom stereocenters. The lowest BCUT2D eigenvalue weighted by Gasteiger charge is -2.22. The fourth-order valence-corrected chi connectivity index (χ4v) is 3.09. The van der Waals surface area contributed by atoms with E-state index in [-0.39, 0.29) is 11.9 Å². The molecular formula is C20H25BrN3O2+. The maximum atomic E-state index is 12.8. The zero-order valence-corrected chi connectivity index (χ0v) is 16.6. The van der Waals surface area contributed by atoms with Crippen LogP contribution < -0.4 is 16.0 Å². The maximum absolute atomic E-state index is 12.8. The Balaban J connectivity index is 2.23. The lowest BCUT2D eigenvalue weighted by Crippen LogP contribution is -2.88. The van der Waals surface area contributed by atoms with Gasteiger partial charge in [0.25, 0.3) is 5.91 Å². The average molecular weight is 419 g/mol. The molecule has 26 heavy (non-hydrogen) atoms. The molecule has 2 aromatic rings. The van der Waals surface area contributed by atoms with Crippen LogP contribution in [-0.2, 0) is 4.79 Å². The lowest BCUT2D eigenvalue weighted by atomic mass is 10.00.